The minimum absolute atomic E-state index is 0.0799. The highest BCUT2D eigenvalue weighted by Crippen LogP contribution is 2.31. The van der Waals surface area contributed by atoms with Crippen LogP contribution >= 0.6 is 0 Å². The zero-order valence-corrected chi connectivity index (χ0v) is 19.8. The van der Waals surface area contributed by atoms with Crippen LogP contribution in [0.25, 0.3) is 23.3 Å². The maximum atomic E-state index is 13.5. The molecule has 1 unspecified atom stereocenters. The molecule has 0 amide bonds. The molecular weight excluding hydrogens is 463 g/mol. The molecule has 7 heteroatoms. The summed E-state index contributed by atoms with van der Waals surface area (Å²) >= 11 is 0. The van der Waals surface area contributed by atoms with Crippen molar-refractivity contribution in [2.75, 3.05) is 18.0 Å². The summed E-state index contributed by atoms with van der Waals surface area (Å²) in [4.78, 5) is 23.0. The van der Waals surface area contributed by atoms with Gasteiger partial charge in [0.15, 0.2) is 0 Å². The lowest BCUT2D eigenvalue weighted by molar-refractivity contribution is -0.141. The number of ketones is 1. The largest absolute Gasteiger partial charge is 0.433 e. The molecule has 6 rings (SSSR count). The fourth-order valence-electron chi connectivity index (χ4n) is 5.87. The molecule has 0 bridgehead atoms. The van der Waals surface area contributed by atoms with Gasteiger partial charge in [-0.25, -0.2) is 9.97 Å². The van der Waals surface area contributed by atoms with Crippen LogP contribution in [0.15, 0.2) is 48.7 Å². The molecule has 0 spiro atoms. The van der Waals surface area contributed by atoms with E-state index in [0.717, 1.165) is 31.5 Å². The van der Waals surface area contributed by atoms with Crippen LogP contribution in [0.4, 0.5) is 19.1 Å². The van der Waals surface area contributed by atoms with Crippen molar-refractivity contribution in [2.24, 2.45) is 11.8 Å². The Hall–Kier alpha value is -3.48. The molecule has 2 aliphatic carbocycles. The van der Waals surface area contributed by atoms with Gasteiger partial charge in [0, 0.05) is 31.1 Å². The van der Waals surface area contributed by atoms with Crippen LogP contribution in [0.2, 0.25) is 0 Å². The van der Waals surface area contributed by atoms with Crippen molar-refractivity contribution in [3.63, 3.8) is 0 Å². The molecule has 1 saturated heterocycles. The maximum absolute atomic E-state index is 13.5. The Morgan fingerprint density at radius 2 is 1.72 bits per heavy atom. The van der Waals surface area contributed by atoms with Gasteiger partial charge < -0.3 is 4.90 Å². The molecule has 1 atom stereocenters. The number of rotatable bonds is 3. The first-order valence-electron chi connectivity index (χ1n) is 12.5. The van der Waals surface area contributed by atoms with Gasteiger partial charge in [-0.15, -0.1) is 0 Å². The van der Waals surface area contributed by atoms with Crippen LogP contribution in [0, 0.1) is 11.8 Å². The van der Waals surface area contributed by atoms with E-state index in [4.69, 9.17) is 0 Å². The number of nitrogens with zero attached hydrogens (tertiary/aromatic N) is 3. The molecule has 3 aromatic rings. The molecule has 2 heterocycles. The zero-order chi connectivity index (χ0) is 24.9. The Morgan fingerprint density at radius 3 is 2.53 bits per heavy atom. The molecule has 1 fully saturated rings. The second kappa shape index (κ2) is 8.87. The number of benzene rings is 2. The van der Waals surface area contributed by atoms with Crippen molar-refractivity contribution in [2.45, 2.75) is 38.3 Å². The Balaban J connectivity index is 1.21. The van der Waals surface area contributed by atoms with E-state index in [2.05, 4.69) is 58.5 Å². The summed E-state index contributed by atoms with van der Waals surface area (Å²) in [5.41, 5.74) is 4.18. The molecule has 2 aromatic carbocycles. The third-order valence-electron chi connectivity index (χ3n) is 7.78. The van der Waals surface area contributed by atoms with Crippen molar-refractivity contribution < 1.29 is 18.0 Å². The van der Waals surface area contributed by atoms with Crippen molar-refractivity contribution in [3.05, 3.63) is 75.9 Å². The highest BCUT2D eigenvalue weighted by atomic mass is 19.4. The number of aromatic nitrogens is 2. The first kappa shape index (κ1) is 23.0. The van der Waals surface area contributed by atoms with Gasteiger partial charge in [0.2, 0.25) is 5.95 Å². The van der Waals surface area contributed by atoms with Crippen molar-refractivity contribution in [1.82, 2.24) is 9.97 Å². The number of fused-ring (bicyclic) bond motifs is 5. The Bertz CT molecular complexity index is 1460. The van der Waals surface area contributed by atoms with Crippen LogP contribution in [0.1, 0.15) is 36.1 Å². The van der Waals surface area contributed by atoms with E-state index in [0.29, 0.717) is 25.9 Å². The number of hydrogen-bond donors (Lipinski definition) is 0. The van der Waals surface area contributed by atoms with Gasteiger partial charge in [0.1, 0.15) is 11.5 Å². The molecule has 4 nitrogen and oxygen atoms in total. The van der Waals surface area contributed by atoms with Crippen LogP contribution in [-0.2, 0) is 23.8 Å². The third-order valence-corrected chi connectivity index (χ3v) is 7.78. The molecule has 0 radical (unpaired) electrons. The van der Waals surface area contributed by atoms with Gasteiger partial charge in [-0.2, -0.15) is 13.2 Å². The quantitative estimate of drug-likeness (QED) is 0.550. The number of anilines is 1. The van der Waals surface area contributed by atoms with Gasteiger partial charge in [-0.3, -0.25) is 4.79 Å². The zero-order valence-electron chi connectivity index (χ0n) is 19.8. The summed E-state index contributed by atoms with van der Waals surface area (Å²) in [5, 5.41) is 2.43. The van der Waals surface area contributed by atoms with E-state index in [1.54, 1.807) is 4.90 Å². The monoisotopic (exact) mass is 489 g/mol. The number of piperidine rings is 1. The summed E-state index contributed by atoms with van der Waals surface area (Å²) in [6.45, 7) is 0.946. The average molecular weight is 490 g/mol. The highest BCUT2D eigenvalue weighted by molar-refractivity contribution is 5.89. The number of halogens is 3. The van der Waals surface area contributed by atoms with E-state index in [1.807, 2.05) is 0 Å². The molecule has 36 heavy (non-hydrogen) atoms. The highest BCUT2D eigenvalue weighted by Gasteiger charge is 2.35. The third kappa shape index (κ3) is 4.10. The number of hydrogen-bond acceptors (Lipinski definition) is 4. The molecular formula is C29H26F3N3O. The molecule has 0 N–H and O–H groups in total. The minimum Gasteiger partial charge on any atom is -0.341 e. The fraction of sp³-hybridized carbons (Fsp3) is 0.345. The smallest absolute Gasteiger partial charge is 0.341 e. The van der Waals surface area contributed by atoms with Crippen LogP contribution in [0.3, 0.4) is 0 Å². The summed E-state index contributed by atoms with van der Waals surface area (Å²) in [6, 6.07) is 13.8. The number of carbonyl (C=O) groups is 1. The molecule has 3 aliphatic rings. The SMILES string of the molecule is O=C(C1C=c2c(ccc3c2=CCc2ccccc2-3)CC1)C1CCN(c2nccc(C(F)(F)F)n2)CC1. The Kier molecular flexibility index (Phi) is 5.66. The van der Waals surface area contributed by atoms with Crippen LogP contribution in [-0.4, -0.2) is 28.8 Å². The van der Waals surface area contributed by atoms with E-state index in [9.17, 15) is 18.0 Å². The summed E-state index contributed by atoms with van der Waals surface area (Å²) in [7, 11) is 0. The van der Waals surface area contributed by atoms with E-state index < -0.39 is 11.9 Å². The summed E-state index contributed by atoms with van der Waals surface area (Å²) in [5.74, 6) is 0.102. The van der Waals surface area contributed by atoms with E-state index >= 15 is 0 Å². The van der Waals surface area contributed by atoms with Gasteiger partial charge >= 0.3 is 6.18 Å². The van der Waals surface area contributed by atoms with Gasteiger partial charge in [-0.1, -0.05) is 48.6 Å². The first-order valence-corrected chi connectivity index (χ1v) is 12.5. The topological polar surface area (TPSA) is 46.1 Å². The van der Waals surface area contributed by atoms with Crippen molar-refractivity contribution in [3.8, 4) is 11.1 Å². The van der Waals surface area contributed by atoms with Crippen LogP contribution in [0.5, 0.6) is 0 Å². The van der Waals surface area contributed by atoms with Gasteiger partial charge in [0.25, 0.3) is 0 Å². The lowest BCUT2D eigenvalue weighted by atomic mass is 9.79. The number of carbonyl (C=O) groups excluding carboxylic acids is 1. The normalized spacial score (nSPS) is 19.4. The van der Waals surface area contributed by atoms with Crippen LogP contribution < -0.4 is 15.3 Å². The predicted octanol–water partition coefficient (Wildman–Crippen LogP) is 4.33. The van der Waals surface area contributed by atoms with Crippen molar-refractivity contribution >= 4 is 23.9 Å². The Labute approximate surface area is 207 Å². The molecule has 1 aliphatic heterocycles. The number of aryl methyl sites for hydroxylation is 1. The lowest BCUT2D eigenvalue weighted by Gasteiger charge is -2.33. The lowest BCUT2D eigenvalue weighted by Crippen LogP contribution is -2.41. The molecule has 0 saturated carbocycles. The standard InChI is InChI=1S/C29H26F3N3O/c30-29(31,32)26-11-14-33-28(34-26)35-15-12-20(13-16-35)27(36)21-6-5-19-8-9-23-22-4-2-1-3-18(22)7-10-24(23)25(19)17-21/h1-4,8-11,14,17,20-21H,5-7,12-13,15-16H2. The molecule has 184 valence electrons. The summed E-state index contributed by atoms with van der Waals surface area (Å²) in [6.07, 6.45) is 4.87. The minimum atomic E-state index is -4.50. The first-order chi connectivity index (χ1) is 17.4. The predicted molar refractivity (Wildman–Crippen MR) is 133 cm³/mol. The Morgan fingerprint density at radius 1 is 0.917 bits per heavy atom. The number of Topliss-reactive ketones (excluding diaryl/α,β-unsaturated/α-hetero) is 1. The fourth-order valence-corrected chi connectivity index (χ4v) is 5.87. The van der Waals surface area contributed by atoms with Gasteiger partial charge in [0.05, 0.1) is 0 Å². The molecule has 1 aromatic heterocycles. The average Bonchev–Trinajstić information content (AvgIpc) is 2.91. The second-order valence-electron chi connectivity index (χ2n) is 9.88. The second-order valence-corrected chi connectivity index (χ2v) is 9.88. The van der Waals surface area contributed by atoms with Crippen molar-refractivity contribution in [1.29, 1.82) is 0 Å². The number of alkyl halides is 3. The van der Waals surface area contributed by atoms with E-state index in [-0.39, 0.29) is 23.6 Å². The maximum Gasteiger partial charge on any atom is 0.433 e. The van der Waals surface area contributed by atoms with Gasteiger partial charge in [-0.05, 0) is 70.9 Å². The summed E-state index contributed by atoms with van der Waals surface area (Å²) < 4.78 is 39.1. The van der Waals surface area contributed by atoms with E-state index in [1.165, 1.54) is 32.7 Å².